The number of carbonyl (C=O) groups is 1. The van der Waals surface area contributed by atoms with Gasteiger partial charge < -0.3 is 19.2 Å². The van der Waals surface area contributed by atoms with E-state index in [4.69, 9.17) is 4.42 Å². The lowest BCUT2D eigenvalue weighted by atomic mass is 10.3. The fraction of sp³-hybridized carbons (Fsp3) is 0.385. The number of imidazole rings is 1. The number of nitrogens with one attached hydrogen (secondary N) is 1. The number of H-pyrrole nitrogens is 1. The Balaban J connectivity index is 1.66. The molecule has 0 saturated carbocycles. The summed E-state index contributed by atoms with van der Waals surface area (Å²) >= 11 is 0. The summed E-state index contributed by atoms with van der Waals surface area (Å²) in [5.74, 6) is 0.533. The van der Waals surface area contributed by atoms with Gasteiger partial charge in [-0.1, -0.05) is 0 Å². The maximum atomic E-state index is 12.3. The summed E-state index contributed by atoms with van der Waals surface area (Å²) in [6.07, 6.45) is 4.48. The normalized spacial score (nSPS) is 16.0. The van der Waals surface area contributed by atoms with Crippen molar-refractivity contribution >= 4 is 21.7 Å². The molecule has 0 atom stereocenters. The lowest BCUT2D eigenvalue weighted by molar-refractivity contribution is 0.0708. The molecular formula is C13H16N4O4S. The van der Waals surface area contributed by atoms with Gasteiger partial charge in [0.1, 0.15) is 0 Å². The number of aromatic nitrogens is 2. The van der Waals surface area contributed by atoms with Crippen LogP contribution < -0.4 is 4.90 Å². The van der Waals surface area contributed by atoms with Gasteiger partial charge in [0, 0.05) is 44.8 Å². The van der Waals surface area contributed by atoms with Crippen molar-refractivity contribution in [3.05, 3.63) is 30.3 Å². The third-order valence-corrected chi connectivity index (χ3v) is 4.46. The van der Waals surface area contributed by atoms with E-state index in [9.17, 15) is 13.2 Å². The molecule has 8 nitrogen and oxygen atoms in total. The van der Waals surface area contributed by atoms with Gasteiger partial charge in [-0.3, -0.25) is 4.79 Å². The summed E-state index contributed by atoms with van der Waals surface area (Å²) in [5, 5.41) is -0.190. The smallest absolute Gasteiger partial charge is 0.289 e. The van der Waals surface area contributed by atoms with Crippen LogP contribution in [0, 0.1) is 0 Å². The molecule has 3 heterocycles. The standard InChI is InChI=1S/C13H16N4O4S/c1-22(19,20)11-3-2-10(21-11)12(18)16-6-8-17(9-7-16)13-14-4-5-15-13/h2-5H,6-9H2,1H3,(H,14,15). The molecule has 2 aromatic rings. The van der Waals surface area contributed by atoms with Crippen LogP contribution in [0.1, 0.15) is 10.6 Å². The number of hydrogen-bond acceptors (Lipinski definition) is 6. The molecule has 0 bridgehead atoms. The van der Waals surface area contributed by atoms with Gasteiger partial charge in [-0.05, 0) is 12.1 Å². The minimum atomic E-state index is -3.44. The Morgan fingerprint density at radius 1 is 1.27 bits per heavy atom. The Hall–Kier alpha value is -2.29. The van der Waals surface area contributed by atoms with Crippen molar-refractivity contribution in [1.29, 1.82) is 0 Å². The van der Waals surface area contributed by atoms with Crippen molar-refractivity contribution in [2.45, 2.75) is 5.09 Å². The molecule has 0 spiro atoms. The molecule has 0 aromatic carbocycles. The first-order valence-corrected chi connectivity index (χ1v) is 8.68. The average molecular weight is 324 g/mol. The second kappa shape index (κ2) is 5.48. The summed E-state index contributed by atoms with van der Waals surface area (Å²) in [4.78, 5) is 23.2. The number of piperazine rings is 1. The molecule has 1 aliphatic rings. The van der Waals surface area contributed by atoms with Crippen molar-refractivity contribution in [2.24, 2.45) is 0 Å². The van der Waals surface area contributed by atoms with Crippen molar-refractivity contribution in [2.75, 3.05) is 37.3 Å². The minimum absolute atomic E-state index is 0.0480. The predicted molar refractivity (Wildman–Crippen MR) is 78.5 cm³/mol. The zero-order chi connectivity index (χ0) is 15.7. The highest BCUT2D eigenvalue weighted by Gasteiger charge is 2.26. The van der Waals surface area contributed by atoms with Gasteiger partial charge in [-0.25, -0.2) is 13.4 Å². The first-order valence-electron chi connectivity index (χ1n) is 6.78. The monoisotopic (exact) mass is 324 g/mol. The molecule has 1 fully saturated rings. The molecule has 0 unspecified atom stereocenters. The highest BCUT2D eigenvalue weighted by Crippen LogP contribution is 2.17. The minimum Gasteiger partial charge on any atom is -0.440 e. The summed E-state index contributed by atoms with van der Waals surface area (Å²) in [6, 6.07) is 2.71. The van der Waals surface area contributed by atoms with Gasteiger partial charge in [0.2, 0.25) is 20.9 Å². The summed E-state index contributed by atoms with van der Waals surface area (Å²) in [5.41, 5.74) is 0. The molecular weight excluding hydrogens is 308 g/mol. The molecule has 1 amide bonds. The van der Waals surface area contributed by atoms with Crippen LogP contribution in [-0.2, 0) is 9.84 Å². The molecule has 0 aliphatic carbocycles. The second-order valence-corrected chi connectivity index (χ2v) is 7.03. The van der Waals surface area contributed by atoms with Crippen LogP contribution in [0.15, 0.2) is 34.0 Å². The number of carbonyl (C=O) groups excluding carboxylic acids is 1. The van der Waals surface area contributed by atoms with Gasteiger partial charge >= 0.3 is 0 Å². The zero-order valence-corrected chi connectivity index (χ0v) is 12.8. The van der Waals surface area contributed by atoms with Crippen LogP contribution in [0.5, 0.6) is 0 Å². The van der Waals surface area contributed by atoms with E-state index in [1.165, 1.54) is 12.1 Å². The van der Waals surface area contributed by atoms with E-state index < -0.39 is 9.84 Å². The third-order valence-electron chi connectivity index (χ3n) is 3.51. The maximum absolute atomic E-state index is 12.3. The van der Waals surface area contributed by atoms with Crippen LogP contribution in [0.2, 0.25) is 0 Å². The summed E-state index contributed by atoms with van der Waals surface area (Å²) < 4.78 is 27.9. The van der Waals surface area contributed by atoms with Crippen LogP contribution in [-0.4, -0.2) is 61.6 Å². The summed E-state index contributed by atoms with van der Waals surface area (Å²) in [7, 11) is -3.44. The van der Waals surface area contributed by atoms with Crippen LogP contribution in [0.3, 0.4) is 0 Å². The molecule has 2 aromatic heterocycles. The topological polar surface area (TPSA) is 99.5 Å². The van der Waals surface area contributed by atoms with Gasteiger partial charge in [-0.15, -0.1) is 0 Å². The predicted octanol–water partition coefficient (Wildman–Crippen LogP) is 0.369. The number of nitrogens with zero attached hydrogens (tertiary/aromatic N) is 3. The number of rotatable bonds is 3. The van der Waals surface area contributed by atoms with Crippen molar-refractivity contribution in [1.82, 2.24) is 14.9 Å². The first kappa shape index (κ1) is 14.6. The molecule has 1 saturated heterocycles. The number of aromatic amines is 1. The largest absolute Gasteiger partial charge is 0.440 e. The number of amides is 1. The summed E-state index contributed by atoms with van der Waals surface area (Å²) in [6.45, 7) is 2.35. The van der Waals surface area contributed by atoms with E-state index in [1.807, 2.05) is 4.90 Å². The van der Waals surface area contributed by atoms with Crippen molar-refractivity contribution < 1.29 is 17.6 Å². The van der Waals surface area contributed by atoms with E-state index in [-0.39, 0.29) is 16.8 Å². The molecule has 118 valence electrons. The van der Waals surface area contributed by atoms with Crippen LogP contribution >= 0.6 is 0 Å². The Morgan fingerprint density at radius 3 is 2.55 bits per heavy atom. The molecule has 0 radical (unpaired) electrons. The van der Waals surface area contributed by atoms with Gasteiger partial charge in [0.25, 0.3) is 5.91 Å². The van der Waals surface area contributed by atoms with Crippen LogP contribution in [0.4, 0.5) is 5.95 Å². The molecule has 22 heavy (non-hydrogen) atoms. The molecule has 1 N–H and O–H groups in total. The van der Waals surface area contributed by atoms with E-state index in [0.29, 0.717) is 26.2 Å². The fourth-order valence-corrected chi connectivity index (χ4v) is 2.90. The average Bonchev–Trinajstić information content (AvgIpc) is 3.17. The Labute approximate surface area is 127 Å². The van der Waals surface area contributed by atoms with E-state index in [0.717, 1.165) is 12.2 Å². The Bertz CT molecular complexity index is 758. The lowest BCUT2D eigenvalue weighted by Crippen LogP contribution is -2.49. The Kier molecular flexibility index (Phi) is 3.65. The van der Waals surface area contributed by atoms with E-state index >= 15 is 0 Å². The number of sulfone groups is 1. The fourth-order valence-electron chi connectivity index (χ4n) is 2.34. The van der Waals surface area contributed by atoms with Crippen molar-refractivity contribution in [3.8, 4) is 0 Å². The highest BCUT2D eigenvalue weighted by atomic mass is 32.2. The molecule has 9 heteroatoms. The van der Waals surface area contributed by atoms with E-state index in [1.54, 1.807) is 17.3 Å². The quantitative estimate of drug-likeness (QED) is 0.875. The van der Waals surface area contributed by atoms with Gasteiger partial charge in [0.15, 0.2) is 5.76 Å². The SMILES string of the molecule is CS(=O)(=O)c1ccc(C(=O)N2CCN(c3ncc[nH]3)CC2)o1. The van der Waals surface area contributed by atoms with Gasteiger partial charge in [-0.2, -0.15) is 0 Å². The van der Waals surface area contributed by atoms with Gasteiger partial charge in [0.05, 0.1) is 0 Å². The number of hydrogen-bond donors (Lipinski definition) is 1. The maximum Gasteiger partial charge on any atom is 0.289 e. The molecule has 1 aliphatic heterocycles. The number of furan rings is 1. The zero-order valence-electron chi connectivity index (χ0n) is 12.0. The third kappa shape index (κ3) is 2.84. The highest BCUT2D eigenvalue weighted by molar-refractivity contribution is 7.90. The van der Waals surface area contributed by atoms with E-state index in [2.05, 4.69) is 9.97 Å². The first-order chi connectivity index (χ1) is 10.4. The number of anilines is 1. The van der Waals surface area contributed by atoms with Crippen molar-refractivity contribution in [3.63, 3.8) is 0 Å². The second-order valence-electron chi connectivity index (χ2n) is 5.08. The molecule has 3 rings (SSSR count). The van der Waals surface area contributed by atoms with Crippen LogP contribution in [0.25, 0.3) is 0 Å². The Morgan fingerprint density at radius 2 is 2.00 bits per heavy atom. The lowest BCUT2D eigenvalue weighted by Gasteiger charge is -2.34.